The molecular formula is C22H20N2O4S. The smallest absolute Gasteiger partial charge is 0.343 e. The maximum Gasteiger partial charge on any atom is 0.343 e. The van der Waals surface area contributed by atoms with Crippen LogP contribution in [0.5, 0.6) is 11.5 Å². The summed E-state index contributed by atoms with van der Waals surface area (Å²) < 4.78 is 10.9. The number of methoxy groups -OCH3 is 1. The minimum Gasteiger partial charge on any atom is -0.493 e. The highest BCUT2D eigenvalue weighted by Gasteiger charge is 2.29. The van der Waals surface area contributed by atoms with Gasteiger partial charge in [0, 0.05) is 4.88 Å². The molecule has 0 aliphatic carbocycles. The Morgan fingerprint density at radius 3 is 2.52 bits per heavy atom. The van der Waals surface area contributed by atoms with E-state index in [1.54, 1.807) is 53.8 Å². The number of fused-ring (bicyclic) bond motifs is 1. The van der Waals surface area contributed by atoms with Crippen LogP contribution in [-0.4, -0.2) is 19.0 Å². The number of hydrogen-bond donors (Lipinski definition) is 2. The van der Waals surface area contributed by atoms with Gasteiger partial charge >= 0.3 is 5.97 Å². The second-order valence-corrected chi connectivity index (χ2v) is 7.93. The van der Waals surface area contributed by atoms with Crippen molar-refractivity contribution in [2.45, 2.75) is 20.0 Å². The third-order valence-corrected chi connectivity index (χ3v) is 6.03. The third kappa shape index (κ3) is 3.56. The molecule has 0 bridgehead atoms. The fourth-order valence-corrected chi connectivity index (χ4v) is 4.31. The number of amides is 1. The Labute approximate surface area is 172 Å². The second kappa shape index (κ2) is 7.60. The maximum absolute atomic E-state index is 12.6. The van der Waals surface area contributed by atoms with Gasteiger partial charge in [0.05, 0.1) is 18.2 Å². The van der Waals surface area contributed by atoms with Crippen molar-refractivity contribution in [2.75, 3.05) is 12.4 Å². The van der Waals surface area contributed by atoms with Crippen LogP contribution in [0.4, 0.5) is 5.00 Å². The van der Waals surface area contributed by atoms with Crippen molar-refractivity contribution in [3.63, 3.8) is 0 Å². The molecule has 0 saturated heterocycles. The van der Waals surface area contributed by atoms with Gasteiger partial charge in [0.15, 0.2) is 11.5 Å². The molecule has 2 heterocycles. The molecule has 2 N–H and O–H groups in total. The van der Waals surface area contributed by atoms with Gasteiger partial charge in [0.2, 0.25) is 0 Å². The number of carbonyl (C=O) groups is 2. The summed E-state index contributed by atoms with van der Waals surface area (Å²) in [6.45, 7) is 3.95. The summed E-state index contributed by atoms with van der Waals surface area (Å²) in [6, 6.07) is 14.0. The molecule has 0 fully saturated rings. The summed E-state index contributed by atoms with van der Waals surface area (Å²) in [5, 5.41) is 7.19. The summed E-state index contributed by atoms with van der Waals surface area (Å²) >= 11 is 1.57. The van der Waals surface area contributed by atoms with E-state index < -0.39 is 12.1 Å². The van der Waals surface area contributed by atoms with Gasteiger partial charge in [-0.2, -0.15) is 0 Å². The topological polar surface area (TPSA) is 76.7 Å². The lowest BCUT2D eigenvalue weighted by molar-refractivity contribution is 0.0729. The minimum atomic E-state index is -0.463. The van der Waals surface area contributed by atoms with Crippen LogP contribution < -0.4 is 20.1 Å². The monoisotopic (exact) mass is 408 g/mol. The molecule has 1 amide bonds. The largest absolute Gasteiger partial charge is 0.493 e. The molecule has 1 aromatic heterocycles. The number of ether oxygens (including phenoxy) is 2. The zero-order chi connectivity index (χ0) is 20.5. The van der Waals surface area contributed by atoms with E-state index >= 15 is 0 Å². The third-order valence-electron chi connectivity index (χ3n) is 4.90. The molecule has 2 aromatic carbocycles. The van der Waals surface area contributed by atoms with E-state index in [9.17, 15) is 9.59 Å². The lowest BCUT2D eigenvalue weighted by atomic mass is 10.1. The Hall–Kier alpha value is -3.32. The van der Waals surface area contributed by atoms with Crippen LogP contribution in [0.25, 0.3) is 0 Å². The minimum absolute atomic E-state index is 0.107. The predicted molar refractivity (Wildman–Crippen MR) is 112 cm³/mol. The molecule has 148 valence electrons. The number of hydrogen-bond acceptors (Lipinski definition) is 6. The van der Waals surface area contributed by atoms with Crippen LogP contribution in [-0.2, 0) is 0 Å². The van der Waals surface area contributed by atoms with Gasteiger partial charge in [-0.15, -0.1) is 11.3 Å². The van der Waals surface area contributed by atoms with E-state index in [1.165, 1.54) is 7.11 Å². The molecule has 0 saturated carbocycles. The highest BCUT2D eigenvalue weighted by atomic mass is 32.1. The Morgan fingerprint density at radius 2 is 1.79 bits per heavy atom. The summed E-state index contributed by atoms with van der Waals surface area (Å²) in [6.07, 6.45) is -0.403. The molecule has 29 heavy (non-hydrogen) atoms. The first kappa shape index (κ1) is 19.0. The van der Waals surface area contributed by atoms with Gasteiger partial charge in [0.1, 0.15) is 11.2 Å². The van der Waals surface area contributed by atoms with Gasteiger partial charge in [-0.05, 0) is 49.2 Å². The first-order chi connectivity index (χ1) is 14.0. The van der Waals surface area contributed by atoms with Crippen molar-refractivity contribution < 1.29 is 19.1 Å². The second-order valence-electron chi connectivity index (χ2n) is 6.70. The van der Waals surface area contributed by atoms with Gasteiger partial charge < -0.3 is 20.1 Å². The van der Waals surface area contributed by atoms with Crippen molar-refractivity contribution in [2.24, 2.45) is 0 Å². The summed E-state index contributed by atoms with van der Waals surface area (Å²) in [5.41, 5.74) is 2.94. The molecule has 6 nitrogen and oxygen atoms in total. The fraction of sp³-hybridized carbons (Fsp3) is 0.182. The summed E-state index contributed by atoms with van der Waals surface area (Å²) in [7, 11) is 1.51. The van der Waals surface area contributed by atoms with Crippen molar-refractivity contribution >= 4 is 28.2 Å². The van der Waals surface area contributed by atoms with Crippen LogP contribution in [0, 0.1) is 13.8 Å². The standard InChI is InChI=1S/C22H20N2O4S/c1-12-13(2)29-21-18(12)20(25)23-19(24-21)15-9-10-16(17(11-15)27-3)28-22(26)14-7-5-4-6-8-14/h4-11,19,24H,1-3H3,(H,23,25)/t19-/m0/s1. The average Bonchev–Trinajstić information content (AvgIpc) is 3.02. The van der Waals surface area contributed by atoms with E-state index in [2.05, 4.69) is 10.6 Å². The first-order valence-electron chi connectivity index (χ1n) is 9.10. The quantitative estimate of drug-likeness (QED) is 0.493. The zero-order valence-electron chi connectivity index (χ0n) is 16.2. The number of anilines is 1. The first-order valence-corrected chi connectivity index (χ1v) is 9.92. The number of thiophene rings is 1. The van der Waals surface area contributed by atoms with Gasteiger partial charge in [-0.1, -0.05) is 24.3 Å². The lowest BCUT2D eigenvalue weighted by Crippen LogP contribution is -2.38. The number of rotatable bonds is 4. The Morgan fingerprint density at radius 1 is 1.03 bits per heavy atom. The Balaban J connectivity index is 1.58. The Bertz CT molecular complexity index is 1090. The zero-order valence-corrected chi connectivity index (χ0v) is 17.1. The number of esters is 1. The van der Waals surface area contributed by atoms with Gasteiger partial charge in [-0.3, -0.25) is 4.79 Å². The highest BCUT2D eigenvalue weighted by molar-refractivity contribution is 7.16. The average molecular weight is 408 g/mol. The van der Waals surface area contributed by atoms with Gasteiger partial charge in [0.25, 0.3) is 5.91 Å². The molecule has 4 rings (SSSR count). The molecular weight excluding hydrogens is 388 g/mol. The molecule has 1 aliphatic rings. The number of nitrogens with one attached hydrogen (secondary N) is 2. The van der Waals surface area contributed by atoms with E-state index in [0.29, 0.717) is 22.6 Å². The highest BCUT2D eigenvalue weighted by Crippen LogP contribution is 2.38. The molecule has 3 aromatic rings. The maximum atomic E-state index is 12.6. The molecule has 0 radical (unpaired) electrons. The van der Waals surface area contributed by atoms with Crippen LogP contribution in [0.2, 0.25) is 0 Å². The van der Waals surface area contributed by atoms with E-state index in [-0.39, 0.29) is 5.91 Å². The number of carbonyl (C=O) groups excluding carboxylic acids is 2. The van der Waals surface area contributed by atoms with Crippen molar-refractivity contribution in [1.29, 1.82) is 0 Å². The molecule has 0 unspecified atom stereocenters. The number of aryl methyl sites for hydroxylation is 1. The Kier molecular flexibility index (Phi) is 4.98. The molecule has 0 spiro atoms. The van der Waals surface area contributed by atoms with E-state index in [0.717, 1.165) is 21.0 Å². The van der Waals surface area contributed by atoms with E-state index in [4.69, 9.17) is 9.47 Å². The molecule has 7 heteroatoms. The van der Waals surface area contributed by atoms with Crippen LogP contribution in [0.3, 0.4) is 0 Å². The van der Waals surface area contributed by atoms with Crippen molar-refractivity contribution in [3.8, 4) is 11.5 Å². The SMILES string of the molecule is COc1cc([C@H]2NC(=O)c3c(sc(C)c3C)N2)ccc1OC(=O)c1ccccc1. The van der Waals surface area contributed by atoms with E-state index in [1.807, 2.05) is 19.9 Å². The summed E-state index contributed by atoms with van der Waals surface area (Å²) in [4.78, 5) is 26.0. The van der Waals surface area contributed by atoms with Crippen LogP contribution in [0.15, 0.2) is 48.5 Å². The molecule has 1 aliphatic heterocycles. The normalized spacial score (nSPS) is 15.1. The lowest BCUT2D eigenvalue weighted by Gasteiger charge is -2.27. The van der Waals surface area contributed by atoms with Crippen molar-refractivity contribution in [1.82, 2.24) is 5.32 Å². The predicted octanol–water partition coefficient (Wildman–Crippen LogP) is 4.45. The van der Waals surface area contributed by atoms with Crippen LogP contribution >= 0.6 is 11.3 Å². The summed E-state index contributed by atoms with van der Waals surface area (Å²) in [5.74, 6) is 0.155. The fourth-order valence-electron chi connectivity index (χ4n) is 3.22. The van der Waals surface area contributed by atoms with Crippen molar-refractivity contribution in [3.05, 3.63) is 75.7 Å². The van der Waals surface area contributed by atoms with Gasteiger partial charge in [-0.25, -0.2) is 4.79 Å². The molecule has 1 atom stereocenters. The van der Waals surface area contributed by atoms with Crippen LogP contribution in [0.1, 0.15) is 42.9 Å². The number of benzene rings is 2.